The fraction of sp³-hybridized carbons (Fsp3) is 0.625. The molecule has 1 rings (SSSR count). The van der Waals surface area contributed by atoms with Crippen LogP contribution >= 0.6 is 11.6 Å². The van der Waals surface area contributed by atoms with E-state index in [0.29, 0.717) is 18.7 Å². The van der Waals surface area contributed by atoms with E-state index < -0.39 is 18.1 Å². The molecular weight excluding hydrogens is 326 g/mol. The Morgan fingerprint density at radius 1 is 1.30 bits per heavy atom. The van der Waals surface area contributed by atoms with Crippen molar-refractivity contribution in [3.8, 4) is 0 Å². The summed E-state index contributed by atoms with van der Waals surface area (Å²) in [6.45, 7) is 5.93. The maximum absolute atomic E-state index is 12.6. The molecule has 7 heteroatoms. The molecule has 1 aromatic heterocycles. The summed E-state index contributed by atoms with van der Waals surface area (Å²) in [6, 6.07) is 2.78. The fourth-order valence-electron chi connectivity index (χ4n) is 1.92. The second kappa shape index (κ2) is 9.01. The minimum Gasteiger partial charge on any atom is -0.444 e. The molecule has 0 fully saturated rings. The van der Waals surface area contributed by atoms with Crippen LogP contribution in [0.2, 0.25) is 5.02 Å². The molecule has 1 heterocycles. The van der Waals surface area contributed by atoms with Gasteiger partial charge in [-0.15, -0.1) is 0 Å². The molecule has 1 N–H and O–H groups in total. The van der Waals surface area contributed by atoms with Crippen molar-refractivity contribution in [1.29, 1.82) is 0 Å². The van der Waals surface area contributed by atoms with Gasteiger partial charge >= 0.3 is 6.09 Å². The molecule has 0 radical (unpaired) electrons. The smallest absolute Gasteiger partial charge is 0.407 e. The van der Waals surface area contributed by atoms with Gasteiger partial charge in [-0.3, -0.25) is 4.98 Å². The number of alkyl halides is 2. The number of unbranched alkanes of at least 4 members (excludes halogenated alkanes) is 2. The number of nitrogens with zero attached hydrogens (tertiary/aromatic N) is 1. The number of rotatable bonds is 7. The fourth-order valence-corrected chi connectivity index (χ4v) is 2.16. The highest BCUT2D eigenvalue weighted by molar-refractivity contribution is 6.30. The van der Waals surface area contributed by atoms with Gasteiger partial charge in [0, 0.05) is 17.3 Å². The quantitative estimate of drug-likeness (QED) is 0.712. The first-order valence-electron chi connectivity index (χ1n) is 7.59. The number of aromatic nitrogens is 1. The molecule has 23 heavy (non-hydrogen) atoms. The lowest BCUT2D eigenvalue weighted by Gasteiger charge is -2.19. The molecule has 0 saturated heterocycles. The van der Waals surface area contributed by atoms with Crippen LogP contribution in [0.15, 0.2) is 12.1 Å². The molecule has 0 atom stereocenters. The van der Waals surface area contributed by atoms with E-state index in [1.807, 2.05) is 0 Å². The zero-order valence-electron chi connectivity index (χ0n) is 13.7. The van der Waals surface area contributed by atoms with Gasteiger partial charge in [-0.25, -0.2) is 13.6 Å². The maximum atomic E-state index is 12.6. The summed E-state index contributed by atoms with van der Waals surface area (Å²) in [7, 11) is 0. The number of hydrogen-bond acceptors (Lipinski definition) is 3. The van der Waals surface area contributed by atoms with Gasteiger partial charge in [0.2, 0.25) is 0 Å². The Kier molecular flexibility index (Phi) is 7.68. The Balaban J connectivity index is 2.24. The van der Waals surface area contributed by atoms with Crippen molar-refractivity contribution in [1.82, 2.24) is 10.3 Å². The molecule has 0 saturated carbocycles. The third kappa shape index (κ3) is 8.69. The van der Waals surface area contributed by atoms with Crippen LogP contribution in [0.25, 0.3) is 0 Å². The van der Waals surface area contributed by atoms with Gasteiger partial charge in [0.1, 0.15) is 11.3 Å². The number of aryl methyl sites for hydroxylation is 1. The van der Waals surface area contributed by atoms with Crippen molar-refractivity contribution in [2.75, 3.05) is 6.54 Å². The number of halogens is 3. The molecule has 1 aromatic rings. The first-order valence-corrected chi connectivity index (χ1v) is 7.96. The summed E-state index contributed by atoms with van der Waals surface area (Å²) in [5.74, 6) is 0. The van der Waals surface area contributed by atoms with Crippen LogP contribution in [0.3, 0.4) is 0 Å². The van der Waals surface area contributed by atoms with Gasteiger partial charge in [-0.2, -0.15) is 0 Å². The summed E-state index contributed by atoms with van der Waals surface area (Å²) in [4.78, 5) is 15.3. The maximum Gasteiger partial charge on any atom is 0.407 e. The molecule has 0 aliphatic rings. The zero-order valence-corrected chi connectivity index (χ0v) is 14.4. The molecular formula is C16H23ClF2N2O2. The number of nitrogens with one attached hydrogen (secondary N) is 1. The average Bonchev–Trinajstić information content (AvgIpc) is 2.40. The lowest BCUT2D eigenvalue weighted by Crippen LogP contribution is -2.32. The van der Waals surface area contributed by atoms with Crippen molar-refractivity contribution >= 4 is 17.7 Å². The van der Waals surface area contributed by atoms with E-state index in [2.05, 4.69) is 10.3 Å². The van der Waals surface area contributed by atoms with Gasteiger partial charge in [-0.05, 0) is 52.2 Å². The van der Waals surface area contributed by atoms with Crippen LogP contribution in [0.4, 0.5) is 13.6 Å². The molecule has 1 amide bonds. The molecule has 4 nitrogen and oxygen atoms in total. The van der Waals surface area contributed by atoms with Crippen LogP contribution < -0.4 is 5.32 Å². The summed E-state index contributed by atoms with van der Waals surface area (Å²) in [5.41, 5.74) is -0.239. The highest BCUT2D eigenvalue weighted by Crippen LogP contribution is 2.21. The van der Waals surface area contributed by atoms with Crippen molar-refractivity contribution in [3.05, 3.63) is 28.5 Å². The lowest BCUT2D eigenvalue weighted by molar-refractivity contribution is 0.0527. The van der Waals surface area contributed by atoms with Gasteiger partial charge in [0.05, 0.1) is 0 Å². The zero-order chi connectivity index (χ0) is 17.5. The van der Waals surface area contributed by atoms with E-state index in [-0.39, 0.29) is 10.7 Å². The van der Waals surface area contributed by atoms with E-state index in [9.17, 15) is 13.6 Å². The Labute approximate surface area is 140 Å². The molecule has 0 unspecified atom stereocenters. The van der Waals surface area contributed by atoms with Crippen LogP contribution in [-0.4, -0.2) is 23.2 Å². The largest absolute Gasteiger partial charge is 0.444 e. The summed E-state index contributed by atoms with van der Waals surface area (Å²) in [5, 5.41) is 2.95. The number of carbonyl (C=O) groups is 1. The second-order valence-electron chi connectivity index (χ2n) is 6.24. The first-order chi connectivity index (χ1) is 10.7. The molecule has 130 valence electrons. The van der Waals surface area contributed by atoms with Gasteiger partial charge in [0.25, 0.3) is 6.43 Å². The van der Waals surface area contributed by atoms with Crippen molar-refractivity contribution in [2.24, 2.45) is 0 Å². The molecule has 0 aliphatic carbocycles. The minimum absolute atomic E-state index is 0.275. The first kappa shape index (κ1) is 19.6. The Morgan fingerprint density at radius 3 is 2.61 bits per heavy atom. The van der Waals surface area contributed by atoms with Gasteiger partial charge in [-0.1, -0.05) is 18.0 Å². The monoisotopic (exact) mass is 348 g/mol. The third-order valence-electron chi connectivity index (χ3n) is 2.86. The SMILES string of the molecule is CC(C)(C)OC(=O)NCCCCCc1cc(Cl)cc(C(F)F)n1. The second-order valence-corrected chi connectivity index (χ2v) is 6.68. The van der Waals surface area contributed by atoms with E-state index in [0.717, 1.165) is 19.3 Å². The molecule has 0 aliphatic heterocycles. The van der Waals surface area contributed by atoms with E-state index in [1.54, 1.807) is 26.8 Å². The van der Waals surface area contributed by atoms with E-state index in [4.69, 9.17) is 16.3 Å². The predicted octanol–water partition coefficient (Wildman–Crippen LogP) is 4.91. The lowest BCUT2D eigenvalue weighted by atomic mass is 10.1. The van der Waals surface area contributed by atoms with Crippen LogP contribution in [0.5, 0.6) is 0 Å². The van der Waals surface area contributed by atoms with Crippen LogP contribution in [0, 0.1) is 0 Å². The van der Waals surface area contributed by atoms with Gasteiger partial charge in [0.15, 0.2) is 0 Å². The van der Waals surface area contributed by atoms with Crippen molar-refractivity contribution in [3.63, 3.8) is 0 Å². The number of amides is 1. The highest BCUT2D eigenvalue weighted by Gasteiger charge is 2.15. The van der Waals surface area contributed by atoms with Crippen LogP contribution in [-0.2, 0) is 11.2 Å². The van der Waals surface area contributed by atoms with Crippen molar-refractivity contribution < 1.29 is 18.3 Å². The predicted molar refractivity (Wildman–Crippen MR) is 86.0 cm³/mol. The van der Waals surface area contributed by atoms with Crippen LogP contribution in [0.1, 0.15) is 57.8 Å². The number of ether oxygens (including phenoxy) is 1. The number of carbonyl (C=O) groups excluding carboxylic acids is 1. The van der Waals surface area contributed by atoms with E-state index in [1.165, 1.54) is 6.07 Å². The topological polar surface area (TPSA) is 51.2 Å². The van der Waals surface area contributed by atoms with Crippen molar-refractivity contribution in [2.45, 2.75) is 58.5 Å². The third-order valence-corrected chi connectivity index (χ3v) is 3.08. The average molecular weight is 349 g/mol. The Bertz CT molecular complexity index is 519. The number of alkyl carbamates (subject to hydrolysis) is 1. The molecule has 0 spiro atoms. The minimum atomic E-state index is -2.62. The number of hydrogen-bond donors (Lipinski definition) is 1. The molecule has 0 aromatic carbocycles. The normalized spacial score (nSPS) is 11.6. The van der Waals surface area contributed by atoms with Gasteiger partial charge < -0.3 is 10.1 Å². The number of pyridine rings is 1. The Morgan fingerprint density at radius 2 is 2.00 bits per heavy atom. The summed E-state index contributed by atoms with van der Waals surface area (Å²) >= 11 is 5.81. The Hall–Kier alpha value is -1.43. The standard InChI is InChI=1S/C16H23ClF2N2O2/c1-16(2,3)23-15(22)20-8-6-4-5-7-12-9-11(17)10-13(21-12)14(18)19/h9-10,14H,4-8H2,1-3H3,(H,20,22). The summed E-state index contributed by atoms with van der Waals surface area (Å²) in [6.07, 6.45) is -0.0742. The van der Waals surface area contributed by atoms with E-state index >= 15 is 0 Å². The highest BCUT2D eigenvalue weighted by atomic mass is 35.5. The molecule has 0 bridgehead atoms. The summed E-state index contributed by atoms with van der Waals surface area (Å²) < 4.78 is 30.4.